The van der Waals surface area contributed by atoms with Crippen molar-refractivity contribution in [1.82, 2.24) is 9.55 Å². The molecule has 10 heteroatoms. The Morgan fingerprint density at radius 3 is 2.71 bits per heavy atom. The fourth-order valence-electron chi connectivity index (χ4n) is 3.70. The SMILES string of the molecule is CN=C/C(=C\N)C1CC(c2cn(C=O)c(=N/C(C)=C(\C)F)c(-c3ccc(F)cc3F)n2)CCO1. The van der Waals surface area contributed by atoms with Crippen molar-refractivity contribution in [1.29, 1.82) is 0 Å². The van der Waals surface area contributed by atoms with Crippen LogP contribution in [0.4, 0.5) is 13.2 Å². The third-order valence-electron chi connectivity index (χ3n) is 5.59. The van der Waals surface area contributed by atoms with Crippen LogP contribution in [0.1, 0.15) is 38.3 Å². The highest BCUT2D eigenvalue weighted by Crippen LogP contribution is 2.32. The van der Waals surface area contributed by atoms with Gasteiger partial charge in [0.1, 0.15) is 23.2 Å². The minimum absolute atomic E-state index is 0.00312. The maximum atomic E-state index is 14.8. The summed E-state index contributed by atoms with van der Waals surface area (Å²) in [6, 6.07) is 3.01. The van der Waals surface area contributed by atoms with E-state index in [-0.39, 0.29) is 34.5 Å². The maximum Gasteiger partial charge on any atom is 0.219 e. The average molecular weight is 473 g/mol. The van der Waals surface area contributed by atoms with Gasteiger partial charge in [-0.25, -0.2) is 23.1 Å². The molecule has 1 aliphatic rings. The minimum atomic E-state index is -0.880. The Hall–Kier alpha value is -3.53. The lowest BCUT2D eigenvalue weighted by molar-refractivity contribution is 0.0320. The van der Waals surface area contributed by atoms with Gasteiger partial charge in [-0.2, -0.15) is 0 Å². The largest absolute Gasteiger partial charge is 0.404 e. The molecule has 1 saturated heterocycles. The van der Waals surface area contributed by atoms with Gasteiger partial charge in [0, 0.05) is 55.4 Å². The summed E-state index contributed by atoms with van der Waals surface area (Å²) in [5.41, 5.74) is 6.77. The molecular weight excluding hydrogens is 447 g/mol. The lowest BCUT2D eigenvalue weighted by Crippen LogP contribution is -2.31. The molecule has 0 spiro atoms. The van der Waals surface area contributed by atoms with Gasteiger partial charge in [0.2, 0.25) is 6.41 Å². The fraction of sp³-hybridized carbons (Fsp3) is 0.333. The number of nitrogens with zero attached hydrogens (tertiary/aromatic N) is 4. The number of nitrogens with two attached hydrogens (primary N) is 1. The summed E-state index contributed by atoms with van der Waals surface area (Å²) in [4.78, 5) is 24.8. The Balaban J connectivity index is 2.21. The lowest BCUT2D eigenvalue weighted by Gasteiger charge is -2.30. The number of halogens is 3. The third kappa shape index (κ3) is 5.51. The molecule has 1 fully saturated rings. The van der Waals surface area contributed by atoms with Crippen LogP contribution < -0.4 is 11.2 Å². The third-order valence-corrected chi connectivity index (χ3v) is 5.59. The first-order valence-corrected chi connectivity index (χ1v) is 10.7. The molecule has 2 heterocycles. The van der Waals surface area contributed by atoms with Crippen LogP contribution in [0.3, 0.4) is 0 Å². The van der Waals surface area contributed by atoms with Gasteiger partial charge in [-0.1, -0.05) is 0 Å². The van der Waals surface area contributed by atoms with Gasteiger partial charge < -0.3 is 10.5 Å². The van der Waals surface area contributed by atoms with Gasteiger partial charge in [0.25, 0.3) is 0 Å². The molecule has 0 bridgehead atoms. The Kier molecular flexibility index (Phi) is 8.17. The van der Waals surface area contributed by atoms with Crippen LogP contribution in [0.5, 0.6) is 0 Å². The quantitative estimate of drug-likeness (QED) is 0.510. The van der Waals surface area contributed by atoms with Crippen LogP contribution in [0.2, 0.25) is 0 Å². The molecule has 0 radical (unpaired) electrons. The molecule has 0 saturated carbocycles. The first-order valence-electron chi connectivity index (χ1n) is 10.7. The molecule has 34 heavy (non-hydrogen) atoms. The predicted molar refractivity (Wildman–Crippen MR) is 123 cm³/mol. The summed E-state index contributed by atoms with van der Waals surface area (Å²) in [6.45, 7) is 3.04. The average Bonchev–Trinajstić information content (AvgIpc) is 2.82. The zero-order valence-corrected chi connectivity index (χ0v) is 19.1. The van der Waals surface area contributed by atoms with Crippen molar-refractivity contribution in [2.75, 3.05) is 13.7 Å². The van der Waals surface area contributed by atoms with Crippen LogP contribution in [-0.4, -0.2) is 41.9 Å². The summed E-state index contributed by atoms with van der Waals surface area (Å²) in [5.74, 6) is -2.38. The lowest BCUT2D eigenvalue weighted by atomic mass is 9.89. The zero-order valence-electron chi connectivity index (χ0n) is 19.1. The summed E-state index contributed by atoms with van der Waals surface area (Å²) in [7, 11) is 1.62. The maximum absolute atomic E-state index is 14.8. The predicted octanol–water partition coefficient (Wildman–Crippen LogP) is 3.79. The van der Waals surface area contributed by atoms with E-state index < -0.39 is 17.5 Å². The molecule has 180 valence electrons. The monoisotopic (exact) mass is 473 g/mol. The molecule has 0 aliphatic carbocycles. The smallest absolute Gasteiger partial charge is 0.219 e. The molecule has 2 atom stereocenters. The van der Waals surface area contributed by atoms with E-state index >= 15 is 0 Å². The molecule has 3 rings (SSSR count). The van der Waals surface area contributed by atoms with Crippen molar-refractivity contribution in [2.24, 2.45) is 15.7 Å². The number of aliphatic imine (C=N–C) groups is 1. The number of ether oxygens (including phenoxy) is 1. The standard InChI is InChI=1S/C24H26F3N5O2/c1-14(25)15(2)30-24-23(19-5-4-18(26)9-20(19)27)31-21(12-32(24)13-33)16-6-7-34-22(8-16)17(10-28)11-29-3/h4-5,9-13,16,22H,6-8,28H2,1-3H3/b15-14+,17-10+,29-11?,30-24?. The number of benzene rings is 1. The number of hydrogen-bond acceptors (Lipinski definition) is 6. The highest BCUT2D eigenvalue weighted by atomic mass is 19.1. The van der Waals surface area contributed by atoms with Crippen molar-refractivity contribution >= 4 is 12.6 Å². The number of aromatic nitrogens is 2. The number of allylic oxidation sites excluding steroid dienone is 2. The highest BCUT2D eigenvalue weighted by Gasteiger charge is 2.28. The molecule has 7 nitrogen and oxygen atoms in total. The zero-order chi connectivity index (χ0) is 24.8. The van der Waals surface area contributed by atoms with Gasteiger partial charge in [0.05, 0.1) is 17.5 Å². The van der Waals surface area contributed by atoms with Crippen molar-refractivity contribution in [3.05, 3.63) is 70.5 Å². The normalized spacial score (nSPS) is 20.5. The van der Waals surface area contributed by atoms with Crippen LogP contribution in [0.25, 0.3) is 11.3 Å². The van der Waals surface area contributed by atoms with Gasteiger partial charge in [-0.3, -0.25) is 14.4 Å². The van der Waals surface area contributed by atoms with Crippen molar-refractivity contribution in [2.45, 2.75) is 38.7 Å². The van der Waals surface area contributed by atoms with E-state index in [1.165, 1.54) is 32.3 Å². The number of rotatable bonds is 6. The number of carbonyl (C=O) groups is 1. The summed E-state index contributed by atoms with van der Waals surface area (Å²) in [5, 5.41) is 0. The van der Waals surface area contributed by atoms with Gasteiger partial charge >= 0.3 is 0 Å². The van der Waals surface area contributed by atoms with Gasteiger partial charge in [-0.05, 0) is 38.8 Å². The molecule has 2 N–H and O–H groups in total. The van der Waals surface area contributed by atoms with E-state index in [1.807, 2.05) is 0 Å². The second kappa shape index (κ2) is 11.1. The van der Waals surface area contributed by atoms with Crippen LogP contribution in [-0.2, 0) is 9.53 Å². The van der Waals surface area contributed by atoms with E-state index in [0.717, 1.165) is 10.6 Å². The Labute approximate surface area is 195 Å². The fourth-order valence-corrected chi connectivity index (χ4v) is 3.70. The van der Waals surface area contributed by atoms with Crippen molar-refractivity contribution in [3.63, 3.8) is 0 Å². The van der Waals surface area contributed by atoms with Crippen molar-refractivity contribution < 1.29 is 22.7 Å². The van der Waals surface area contributed by atoms with Crippen LogP contribution in [0, 0.1) is 11.6 Å². The summed E-state index contributed by atoms with van der Waals surface area (Å²) >= 11 is 0. The molecular formula is C24H26F3N5O2. The Bertz CT molecular complexity index is 1230. The molecule has 1 aromatic heterocycles. The van der Waals surface area contributed by atoms with E-state index in [0.29, 0.717) is 43.2 Å². The van der Waals surface area contributed by atoms with E-state index in [9.17, 15) is 18.0 Å². The first-order chi connectivity index (χ1) is 16.3. The van der Waals surface area contributed by atoms with Crippen LogP contribution >= 0.6 is 0 Å². The second-order valence-electron chi connectivity index (χ2n) is 7.84. The molecule has 1 aromatic carbocycles. The summed E-state index contributed by atoms with van der Waals surface area (Å²) in [6.07, 6.45) is 5.76. The Morgan fingerprint density at radius 2 is 2.09 bits per heavy atom. The number of hydrogen-bond donors (Lipinski definition) is 1. The Morgan fingerprint density at radius 1 is 1.32 bits per heavy atom. The molecule has 2 unspecified atom stereocenters. The second-order valence-corrected chi connectivity index (χ2v) is 7.84. The molecule has 1 aliphatic heterocycles. The van der Waals surface area contributed by atoms with E-state index in [1.54, 1.807) is 13.3 Å². The van der Waals surface area contributed by atoms with E-state index in [4.69, 9.17) is 10.5 Å². The van der Waals surface area contributed by atoms with Crippen LogP contribution in [0.15, 0.2) is 57.7 Å². The molecule has 0 amide bonds. The topological polar surface area (TPSA) is 94.9 Å². The highest BCUT2D eigenvalue weighted by molar-refractivity contribution is 5.79. The summed E-state index contributed by atoms with van der Waals surface area (Å²) < 4.78 is 49.1. The first kappa shape index (κ1) is 25.1. The number of carbonyl (C=O) groups excluding carboxylic acids is 1. The van der Waals surface area contributed by atoms with E-state index in [2.05, 4.69) is 15.0 Å². The molecule has 2 aromatic rings. The van der Waals surface area contributed by atoms with Gasteiger partial charge in [-0.15, -0.1) is 0 Å². The van der Waals surface area contributed by atoms with Gasteiger partial charge in [0.15, 0.2) is 5.49 Å². The van der Waals surface area contributed by atoms with Crippen molar-refractivity contribution in [3.8, 4) is 11.3 Å². The minimum Gasteiger partial charge on any atom is -0.404 e.